The predicted molar refractivity (Wildman–Crippen MR) is 167 cm³/mol. The van der Waals surface area contributed by atoms with Crippen molar-refractivity contribution in [2.24, 2.45) is 0 Å². The third kappa shape index (κ3) is 8.58. The molecule has 0 radical (unpaired) electrons. The number of piperazine rings is 1. The first kappa shape index (κ1) is 33.7. The molecule has 1 aromatic heterocycles. The van der Waals surface area contributed by atoms with E-state index in [1.807, 2.05) is 13.0 Å². The molecule has 4 amide bonds. The predicted octanol–water partition coefficient (Wildman–Crippen LogP) is 1.65. The maximum Gasteiger partial charge on any atom is 0.527 e. The summed E-state index contributed by atoms with van der Waals surface area (Å²) in [7, 11) is 0. The zero-order valence-electron chi connectivity index (χ0n) is 26.9. The minimum absolute atomic E-state index is 0.00121. The minimum Gasteiger partial charge on any atom is -0.467 e. The molecule has 1 saturated carbocycles. The first-order valence-corrected chi connectivity index (χ1v) is 16.3. The van der Waals surface area contributed by atoms with Gasteiger partial charge in [-0.15, -0.1) is 5.06 Å². The van der Waals surface area contributed by atoms with Crippen LogP contribution in [0, 0.1) is 0 Å². The molecule has 0 bridgehead atoms. The summed E-state index contributed by atoms with van der Waals surface area (Å²) >= 11 is 0. The topological polar surface area (TPSA) is 165 Å². The van der Waals surface area contributed by atoms with Gasteiger partial charge in [-0.3, -0.25) is 19.2 Å². The molecule has 3 fully saturated rings. The van der Waals surface area contributed by atoms with Gasteiger partial charge in [0.05, 0.1) is 25.4 Å². The summed E-state index contributed by atoms with van der Waals surface area (Å²) in [4.78, 5) is 72.4. The Morgan fingerprint density at radius 2 is 1.72 bits per heavy atom. The highest BCUT2D eigenvalue weighted by Gasteiger charge is 2.36. The highest BCUT2D eigenvalue weighted by molar-refractivity contribution is 5.96. The molecule has 47 heavy (non-hydrogen) atoms. The van der Waals surface area contributed by atoms with Crippen LogP contribution in [0.4, 0.5) is 4.79 Å². The normalized spacial score (nSPS) is 19.0. The standard InChI is InChI=1S/C32H43N7O8/c1-3-19-45-32(44)47-37-17-15-36(16-18-37)31(43)22(2)33-29(41)25-20-28(39(35-25)24-11-5-4-6-12-24)46-21-27(40)38-14-8-13-26(38)30(42)34-23-9-7-10-23/h4-6,11-12,20,22-23,26H,3,7-10,13-19,21H2,1-2H3,(H,33,41)(H,34,42)/t22-,26+/m1/s1. The molecule has 15 nitrogen and oxygen atoms in total. The molecule has 3 aliphatic rings. The van der Waals surface area contributed by atoms with Crippen molar-refractivity contribution in [1.82, 2.24) is 35.3 Å². The third-order valence-electron chi connectivity index (χ3n) is 8.48. The van der Waals surface area contributed by atoms with Crippen LogP contribution in [0.1, 0.15) is 62.9 Å². The van der Waals surface area contributed by atoms with E-state index in [0.717, 1.165) is 25.7 Å². The maximum absolute atomic E-state index is 13.3. The molecule has 2 atom stereocenters. The molecule has 3 heterocycles. The van der Waals surface area contributed by atoms with Crippen molar-refractivity contribution >= 4 is 29.8 Å². The van der Waals surface area contributed by atoms with Crippen LogP contribution in [-0.2, 0) is 24.0 Å². The Morgan fingerprint density at radius 1 is 0.979 bits per heavy atom. The lowest BCUT2D eigenvalue weighted by molar-refractivity contribution is -0.157. The number of ether oxygens (including phenoxy) is 2. The van der Waals surface area contributed by atoms with Crippen LogP contribution in [0.25, 0.3) is 5.69 Å². The van der Waals surface area contributed by atoms with Gasteiger partial charge in [0.25, 0.3) is 11.8 Å². The zero-order valence-corrected chi connectivity index (χ0v) is 26.9. The summed E-state index contributed by atoms with van der Waals surface area (Å²) in [5, 5.41) is 11.6. The van der Waals surface area contributed by atoms with Crippen molar-refractivity contribution in [2.75, 3.05) is 45.9 Å². The number of amides is 4. The van der Waals surface area contributed by atoms with Gasteiger partial charge in [0.15, 0.2) is 12.3 Å². The van der Waals surface area contributed by atoms with Gasteiger partial charge in [-0.1, -0.05) is 25.1 Å². The van der Waals surface area contributed by atoms with Gasteiger partial charge >= 0.3 is 6.16 Å². The van der Waals surface area contributed by atoms with Gasteiger partial charge in [-0.25, -0.2) is 9.48 Å². The lowest BCUT2D eigenvalue weighted by Gasteiger charge is -2.34. The fourth-order valence-electron chi connectivity index (χ4n) is 5.66. The fraction of sp³-hybridized carbons (Fsp3) is 0.562. The second-order valence-corrected chi connectivity index (χ2v) is 11.9. The van der Waals surface area contributed by atoms with Gasteiger partial charge in [-0.05, 0) is 57.6 Å². The van der Waals surface area contributed by atoms with E-state index in [1.54, 1.807) is 41.0 Å². The van der Waals surface area contributed by atoms with Gasteiger partial charge in [0.2, 0.25) is 17.7 Å². The van der Waals surface area contributed by atoms with E-state index in [2.05, 4.69) is 15.7 Å². The molecule has 1 aliphatic carbocycles. The van der Waals surface area contributed by atoms with Gasteiger partial charge < -0.3 is 34.7 Å². The number of rotatable bonds is 12. The number of aromatic nitrogens is 2. The van der Waals surface area contributed by atoms with Crippen molar-refractivity contribution in [3.8, 4) is 11.6 Å². The molecule has 2 aliphatic heterocycles. The molecular formula is C32H43N7O8. The number of carbonyl (C=O) groups is 5. The van der Waals surface area contributed by atoms with Crippen LogP contribution in [0.5, 0.6) is 5.88 Å². The molecule has 2 N–H and O–H groups in total. The molecular weight excluding hydrogens is 610 g/mol. The Hall–Kier alpha value is -4.66. The molecule has 0 spiro atoms. The zero-order chi connectivity index (χ0) is 33.3. The lowest BCUT2D eigenvalue weighted by atomic mass is 9.93. The second kappa shape index (κ2) is 15.8. The number of hydrogen-bond donors (Lipinski definition) is 2. The summed E-state index contributed by atoms with van der Waals surface area (Å²) in [6.45, 7) is 5.07. The number of benzene rings is 1. The largest absolute Gasteiger partial charge is 0.527 e. The Kier molecular flexibility index (Phi) is 11.3. The first-order chi connectivity index (χ1) is 22.7. The quantitative estimate of drug-likeness (QED) is 0.322. The minimum atomic E-state index is -0.865. The van der Waals surface area contributed by atoms with Crippen LogP contribution < -0.4 is 15.4 Å². The number of hydrogen-bond acceptors (Lipinski definition) is 10. The Bertz CT molecular complexity index is 1420. The Balaban J connectivity index is 1.18. The number of hydroxylamine groups is 2. The van der Waals surface area contributed by atoms with Crippen molar-refractivity contribution < 1.29 is 38.3 Å². The fourth-order valence-corrected chi connectivity index (χ4v) is 5.66. The van der Waals surface area contributed by atoms with Crippen LogP contribution in [-0.4, -0.2) is 118 Å². The van der Waals surface area contributed by atoms with E-state index in [1.165, 1.54) is 15.8 Å². The monoisotopic (exact) mass is 653 g/mol. The second-order valence-electron chi connectivity index (χ2n) is 11.9. The first-order valence-electron chi connectivity index (χ1n) is 16.3. The summed E-state index contributed by atoms with van der Waals surface area (Å²) in [5.74, 6) is -1.18. The Morgan fingerprint density at radius 3 is 2.40 bits per heavy atom. The van der Waals surface area contributed by atoms with E-state index in [0.29, 0.717) is 51.3 Å². The van der Waals surface area contributed by atoms with Crippen LogP contribution >= 0.6 is 0 Å². The molecule has 5 rings (SSSR count). The summed E-state index contributed by atoms with van der Waals surface area (Å²) in [5.41, 5.74) is 0.606. The van der Waals surface area contributed by atoms with E-state index < -0.39 is 24.1 Å². The number of carbonyl (C=O) groups excluding carboxylic acids is 5. The molecule has 1 aromatic carbocycles. The number of likely N-dealkylation sites (tertiary alicyclic amines) is 1. The number of nitrogens with one attached hydrogen (secondary N) is 2. The van der Waals surface area contributed by atoms with Gasteiger partial charge in [-0.2, -0.15) is 5.10 Å². The average molecular weight is 654 g/mol. The average Bonchev–Trinajstić information content (AvgIpc) is 3.73. The van der Waals surface area contributed by atoms with Crippen molar-refractivity contribution in [3.63, 3.8) is 0 Å². The van der Waals surface area contributed by atoms with Crippen LogP contribution in [0.3, 0.4) is 0 Å². The summed E-state index contributed by atoms with van der Waals surface area (Å²) < 4.78 is 12.3. The van der Waals surface area contributed by atoms with Gasteiger partial charge in [0.1, 0.15) is 12.1 Å². The number of nitrogens with zero attached hydrogens (tertiary/aromatic N) is 5. The molecule has 2 saturated heterocycles. The number of para-hydroxylation sites is 1. The highest BCUT2D eigenvalue weighted by Crippen LogP contribution is 2.23. The van der Waals surface area contributed by atoms with Crippen molar-refractivity contribution in [3.05, 3.63) is 42.1 Å². The Labute approximate surface area is 273 Å². The van der Waals surface area contributed by atoms with Crippen molar-refractivity contribution in [2.45, 2.75) is 70.5 Å². The summed E-state index contributed by atoms with van der Waals surface area (Å²) in [6, 6.07) is 9.23. The molecule has 2 aromatic rings. The van der Waals surface area contributed by atoms with E-state index in [4.69, 9.17) is 14.3 Å². The van der Waals surface area contributed by atoms with Crippen molar-refractivity contribution in [1.29, 1.82) is 0 Å². The lowest BCUT2D eigenvalue weighted by Crippen LogP contribution is -2.54. The van der Waals surface area contributed by atoms with E-state index in [-0.39, 0.29) is 48.6 Å². The maximum atomic E-state index is 13.3. The smallest absolute Gasteiger partial charge is 0.467 e. The van der Waals surface area contributed by atoms with E-state index in [9.17, 15) is 24.0 Å². The highest BCUT2D eigenvalue weighted by atomic mass is 16.8. The van der Waals surface area contributed by atoms with Crippen LogP contribution in [0.2, 0.25) is 0 Å². The van der Waals surface area contributed by atoms with Gasteiger partial charge in [0, 0.05) is 31.7 Å². The van der Waals surface area contributed by atoms with Crippen LogP contribution in [0.15, 0.2) is 36.4 Å². The molecule has 254 valence electrons. The SMILES string of the molecule is CCCOC(=O)ON1CCN(C(=O)[C@@H](C)NC(=O)c2cc(OCC(=O)N3CCC[C@H]3C(=O)NC3CCC3)n(-c3ccccc3)n2)CC1. The summed E-state index contributed by atoms with van der Waals surface area (Å²) in [6.07, 6.45) is 4.27. The molecule has 15 heteroatoms. The van der Waals surface area contributed by atoms with E-state index >= 15 is 0 Å². The molecule has 0 unspecified atom stereocenters. The third-order valence-corrected chi connectivity index (χ3v) is 8.48.